The molecule has 0 nitrogen and oxygen atoms in total. The second-order valence-corrected chi connectivity index (χ2v) is 5.01. The molecule has 0 heterocycles. The average molecular weight is 413 g/mol. The van der Waals surface area contributed by atoms with Crippen molar-refractivity contribution in [3.63, 3.8) is 0 Å². The molecular formula is C19H22Cl2Zr. The van der Waals surface area contributed by atoms with Crippen molar-refractivity contribution in [2.45, 2.75) is 27.2 Å². The largest absolute Gasteiger partial charge is 2.00 e. The molecule has 2 aliphatic rings. The summed E-state index contributed by atoms with van der Waals surface area (Å²) in [5.74, 6) is 0.468. The monoisotopic (exact) mass is 410 g/mol. The van der Waals surface area contributed by atoms with Gasteiger partial charge in [-0.2, -0.15) is 17.7 Å². The molecule has 22 heavy (non-hydrogen) atoms. The molecule has 1 atom stereocenters. The Morgan fingerprint density at radius 3 is 2.05 bits per heavy atom. The molecule has 0 fully saturated rings. The van der Waals surface area contributed by atoms with E-state index in [2.05, 4.69) is 69.3 Å². The van der Waals surface area contributed by atoms with Crippen LogP contribution < -0.4 is 0 Å². The molecule has 1 aromatic carbocycles. The van der Waals surface area contributed by atoms with E-state index in [9.17, 15) is 0 Å². The van der Waals surface area contributed by atoms with Crippen LogP contribution in [-0.4, -0.2) is 0 Å². The maximum Gasteiger partial charge on any atom is 2.00 e. The Morgan fingerprint density at radius 2 is 1.68 bits per heavy atom. The molecule has 2 aliphatic carbocycles. The molecule has 0 amide bonds. The van der Waals surface area contributed by atoms with Gasteiger partial charge in [0, 0.05) is 0 Å². The van der Waals surface area contributed by atoms with Crippen molar-refractivity contribution in [2.75, 3.05) is 0 Å². The normalized spacial score (nSPS) is 17.6. The van der Waals surface area contributed by atoms with E-state index in [1.165, 1.54) is 22.3 Å². The number of benzene rings is 1. The van der Waals surface area contributed by atoms with Crippen LogP contribution in [0.3, 0.4) is 0 Å². The summed E-state index contributed by atoms with van der Waals surface area (Å²) in [6.45, 7) is 6.38. The molecule has 3 rings (SSSR count). The summed E-state index contributed by atoms with van der Waals surface area (Å²) in [6.07, 6.45) is 13.9. The van der Waals surface area contributed by atoms with Crippen LogP contribution in [0.5, 0.6) is 0 Å². The molecule has 0 N–H and O–H groups in total. The Labute approximate surface area is 166 Å². The summed E-state index contributed by atoms with van der Waals surface area (Å²) in [4.78, 5) is 0. The fourth-order valence-corrected chi connectivity index (χ4v) is 2.27. The Hall–Kier alpha value is -0.357. The topological polar surface area (TPSA) is 0 Å². The van der Waals surface area contributed by atoms with Gasteiger partial charge in [0.1, 0.15) is 0 Å². The van der Waals surface area contributed by atoms with Crippen LogP contribution in [0.1, 0.15) is 32.8 Å². The zero-order valence-electron chi connectivity index (χ0n) is 13.2. The van der Waals surface area contributed by atoms with Crippen LogP contribution in [0.4, 0.5) is 0 Å². The van der Waals surface area contributed by atoms with E-state index >= 15 is 0 Å². The number of halogens is 2. The quantitative estimate of drug-likeness (QED) is 0.496. The molecule has 0 bridgehead atoms. The maximum absolute atomic E-state index is 3.39. The van der Waals surface area contributed by atoms with Crippen molar-refractivity contribution in [1.82, 2.24) is 0 Å². The van der Waals surface area contributed by atoms with E-state index in [0.717, 1.165) is 6.42 Å². The molecule has 1 unspecified atom stereocenters. The molecule has 116 valence electrons. The summed E-state index contributed by atoms with van der Waals surface area (Å²) in [6, 6.07) is 10.5. The first-order valence-electron chi connectivity index (χ1n) is 6.78. The zero-order valence-corrected chi connectivity index (χ0v) is 17.3. The molecular weight excluding hydrogens is 390 g/mol. The van der Waals surface area contributed by atoms with Gasteiger partial charge in [0.05, 0.1) is 0 Å². The van der Waals surface area contributed by atoms with E-state index < -0.39 is 0 Å². The molecule has 0 spiro atoms. The van der Waals surface area contributed by atoms with Gasteiger partial charge in [-0.3, -0.25) is 12.2 Å². The Balaban J connectivity index is 0. The molecule has 1 aromatic rings. The van der Waals surface area contributed by atoms with E-state index in [4.69, 9.17) is 0 Å². The SMILES string of the molecule is CC1=CC[C-]=C1.CC1=[C-]C(C)C=C1c1ccccc1.Cl.Cl.[Zr+2]. The fourth-order valence-electron chi connectivity index (χ4n) is 2.27. The molecule has 0 aromatic heterocycles. The van der Waals surface area contributed by atoms with E-state index in [-0.39, 0.29) is 51.0 Å². The smallest absolute Gasteiger partial charge is 0.273 e. The predicted molar refractivity (Wildman–Crippen MR) is 96.7 cm³/mol. The van der Waals surface area contributed by atoms with Crippen LogP contribution in [0.2, 0.25) is 0 Å². The van der Waals surface area contributed by atoms with Gasteiger partial charge in [0.2, 0.25) is 0 Å². The summed E-state index contributed by atoms with van der Waals surface area (Å²) >= 11 is 0. The van der Waals surface area contributed by atoms with E-state index in [0.29, 0.717) is 5.92 Å². The van der Waals surface area contributed by atoms with E-state index in [1.807, 2.05) is 12.1 Å². The Kier molecular flexibility index (Phi) is 13.2. The summed E-state index contributed by atoms with van der Waals surface area (Å²) < 4.78 is 0. The van der Waals surface area contributed by atoms with Crippen molar-refractivity contribution >= 4 is 30.4 Å². The van der Waals surface area contributed by atoms with Crippen LogP contribution in [-0.2, 0) is 26.2 Å². The first-order valence-corrected chi connectivity index (χ1v) is 6.78. The Morgan fingerprint density at radius 1 is 1.05 bits per heavy atom. The van der Waals surface area contributed by atoms with Crippen LogP contribution in [0, 0.1) is 18.1 Å². The van der Waals surface area contributed by atoms with Crippen LogP contribution in [0.25, 0.3) is 5.57 Å². The standard InChI is InChI=1S/C13H13.C6H7.2ClH.Zr/c1-10-8-11(2)13(9-10)12-6-4-3-5-7-12;1-6-4-2-3-5-6;;;/h3-7,9-10H,1-2H3;4-5H,2H2,1H3;2*1H;/q2*-1;;;+2. The molecule has 3 heteroatoms. The number of rotatable bonds is 1. The van der Waals surface area contributed by atoms with Crippen molar-refractivity contribution < 1.29 is 26.2 Å². The van der Waals surface area contributed by atoms with Gasteiger partial charge >= 0.3 is 26.2 Å². The van der Waals surface area contributed by atoms with Gasteiger partial charge in [-0.25, -0.2) is 17.2 Å². The van der Waals surface area contributed by atoms with Gasteiger partial charge in [-0.05, 0) is 0 Å². The van der Waals surface area contributed by atoms with Crippen molar-refractivity contribution in [3.8, 4) is 0 Å². The molecule has 0 aliphatic heterocycles. The third kappa shape index (κ3) is 7.27. The summed E-state index contributed by atoms with van der Waals surface area (Å²) in [7, 11) is 0. The first-order chi connectivity index (χ1) is 9.16. The number of hydrogen-bond donors (Lipinski definition) is 0. The first kappa shape index (κ1) is 23.9. The van der Waals surface area contributed by atoms with Gasteiger partial charge in [-0.15, -0.1) is 43.7 Å². The van der Waals surface area contributed by atoms with Gasteiger partial charge in [0.15, 0.2) is 0 Å². The predicted octanol–water partition coefficient (Wildman–Crippen LogP) is 6.01. The van der Waals surface area contributed by atoms with Crippen molar-refractivity contribution in [2.24, 2.45) is 5.92 Å². The van der Waals surface area contributed by atoms with Crippen molar-refractivity contribution in [1.29, 1.82) is 0 Å². The van der Waals surface area contributed by atoms with Crippen molar-refractivity contribution in [3.05, 3.63) is 77.4 Å². The number of allylic oxidation sites excluding steroid dienone is 8. The zero-order chi connectivity index (χ0) is 13.7. The number of hydrogen-bond acceptors (Lipinski definition) is 0. The van der Waals surface area contributed by atoms with Gasteiger partial charge < -0.3 is 0 Å². The molecule has 0 saturated carbocycles. The van der Waals surface area contributed by atoms with Crippen LogP contribution in [0.15, 0.2) is 59.7 Å². The van der Waals surface area contributed by atoms with Crippen LogP contribution >= 0.6 is 24.8 Å². The van der Waals surface area contributed by atoms with Gasteiger partial charge in [0.25, 0.3) is 0 Å². The maximum atomic E-state index is 3.39. The molecule has 0 radical (unpaired) electrons. The van der Waals surface area contributed by atoms with E-state index in [1.54, 1.807) is 0 Å². The summed E-state index contributed by atoms with van der Waals surface area (Å²) in [5.41, 5.74) is 5.26. The minimum Gasteiger partial charge on any atom is -0.273 e. The second kappa shape index (κ2) is 12.1. The fraction of sp³-hybridized carbons (Fsp3) is 0.263. The molecule has 0 saturated heterocycles. The third-order valence-corrected chi connectivity index (χ3v) is 3.22. The third-order valence-electron chi connectivity index (χ3n) is 3.22. The Bertz CT molecular complexity index is 551. The minimum absolute atomic E-state index is 0. The average Bonchev–Trinajstić information content (AvgIpc) is 3.00. The second-order valence-electron chi connectivity index (χ2n) is 5.01. The minimum atomic E-state index is 0. The van der Waals surface area contributed by atoms with Gasteiger partial charge in [-0.1, -0.05) is 50.1 Å². The summed E-state index contributed by atoms with van der Waals surface area (Å²) in [5, 5.41) is 0.